The molecular weight excluding hydrogens is 328 g/mol. The van der Waals surface area contributed by atoms with E-state index in [9.17, 15) is 22.0 Å². The molecule has 0 unspecified atom stereocenters. The maximum Gasteiger partial charge on any atom is 0.254 e. The van der Waals surface area contributed by atoms with E-state index >= 15 is 0 Å². The molecule has 6 nitrogen and oxygen atoms in total. The Balaban J connectivity index is 1.91. The van der Waals surface area contributed by atoms with Gasteiger partial charge in [-0.1, -0.05) is 6.07 Å². The zero-order valence-corrected chi connectivity index (χ0v) is 12.6. The maximum absolute atomic E-state index is 13.4. The fourth-order valence-electron chi connectivity index (χ4n) is 1.70. The molecule has 23 heavy (non-hydrogen) atoms. The van der Waals surface area contributed by atoms with Gasteiger partial charge in [0.1, 0.15) is 17.5 Å². The van der Waals surface area contributed by atoms with E-state index in [2.05, 4.69) is 15.0 Å². The molecule has 9 heteroatoms. The van der Waals surface area contributed by atoms with Gasteiger partial charge < -0.3 is 5.32 Å². The predicted molar refractivity (Wildman–Crippen MR) is 80.3 cm³/mol. The minimum Gasteiger partial charge on any atom is -0.351 e. The van der Waals surface area contributed by atoms with Gasteiger partial charge in [0.25, 0.3) is 5.91 Å². The summed E-state index contributed by atoms with van der Waals surface area (Å²) in [5.74, 6) is -2.84. The zero-order chi connectivity index (χ0) is 16.9. The highest BCUT2D eigenvalue weighted by Crippen LogP contribution is 2.09. The van der Waals surface area contributed by atoms with E-state index < -0.39 is 38.9 Å². The van der Waals surface area contributed by atoms with Crippen LogP contribution in [-0.2, 0) is 10.0 Å². The first-order valence-corrected chi connectivity index (χ1v) is 8.17. The van der Waals surface area contributed by atoms with Crippen molar-refractivity contribution in [3.05, 3.63) is 59.8 Å². The van der Waals surface area contributed by atoms with Gasteiger partial charge in [0.05, 0.1) is 11.3 Å². The molecule has 122 valence electrons. The number of hydrogen-bond donors (Lipinski definition) is 2. The van der Waals surface area contributed by atoms with Gasteiger partial charge in [-0.3, -0.25) is 9.52 Å². The van der Waals surface area contributed by atoms with Crippen LogP contribution in [-0.4, -0.2) is 31.6 Å². The van der Waals surface area contributed by atoms with Crippen molar-refractivity contribution in [1.82, 2.24) is 10.3 Å². The van der Waals surface area contributed by atoms with Crippen LogP contribution < -0.4 is 10.0 Å². The van der Waals surface area contributed by atoms with Crippen LogP contribution >= 0.6 is 0 Å². The van der Waals surface area contributed by atoms with Crippen molar-refractivity contribution >= 4 is 21.7 Å². The average Bonchev–Trinajstić information content (AvgIpc) is 2.50. The second-order valence-corrected chi connectivity index (χ2v) is 6.36. The third-order valence-corrected chi connectivity index (χ3v) is 4.02. The molecule has 0 saturated heterocycles. The van der Waals surface area contributed by atoms with Crippen molar-refractivity contribution in [2.75, 3.05) is 17.0 Å². The number of pyridine rings is 1. The molecule has 2 rings (SSSR count). The number of nitrogens with zero attached hydrogens (tertiary/aromatic N) is 1. The largest absolute Gasteiger partial charge is 0.351 e. The molecule has 1 amide bonds. The normalized spacial score (nSPS) is 11.0. The third kappa shape index (κ3) is 4.99. The number of rotatable bonds is 6. The summed E-state index contributed by atoms with van der Waals surface area (Å²) in [7, 11) is -3.73. The van der Waals surface area contributed by atoms with E-state index in [1.807, 2.05) is 0 Å². The molecule has 0 fully saturated rings. The van der Waals surface area contributed by atoms with Crippen LogP contribution in [0.2, 0.25) is 0 Å². The summed E-state index contributed by atoms with van der Waals surface area (Å²) in [6, 6.07) is 7.16. The summed E-state index contributed by atoms with van der Waals surface area (Å²) in [6.45, 7) is -0.267. The van der Waals surface area contributed by atoms with Gasteiger partial charge in [0.2, 0.25) is 10.0 Å². The van der Waals surface area contributed by atoms with Crippen molar-refractivity contribution in [2.45, 2.75) is 0 Å². The number of hydrogen-bond acceptors (Lipinski definition) is 4. The van der Waals surface area contributed by atoms with E-state index in [0.29, 0.717) is 0 Å². The van der Waals surface area contributed by atoms with Crippen LogP contribution in [0.4, 0.5) is 14.6 Å². The molecule has 1 aromatic carbocycles. The minimum atomic E-state index is -3.73. The minimum absolute atomic E-state index is 0.148. The number of carbonyl (C=O) groups is 1. The van der Waals surface area contributed by atoms with Gasteiger partial charge in [0, 0.05) is 12.7 Å². The number of benzene rings is 1. The lowest BCUT2D eigenvalue weighted by Crippen LogP contribution is -2.31. The van der Waals surface area contributed by atoms with E-state index in [4.69, 9.17) is 0 Å². The second-order valence-electron chi connectivity index (χ2n) is 4.52. The molecular formula is C14H13F2N3O3S. The monoisotopic (exact) mass is 341 g/mol. The Bertz CT molecular complexity index is 798. The topological polar surface area (TPSA) is 88.2 Å². The SMILES string of the molecule is O=C(NCCS(=O)(=O)Nc1ccccn1)c1cc(F)ccc1F. The van der Waals surface area contributed by atoms with Gasteiger partial charge in [-0.15, -0.1) is 0 Å². The van der Waals surface area contributed by atoms with Crippen LogP contribution in [0.5, 0.6) is 0 Å². The maximum atomic E-state index is 13.4. The molecule has 1 heterocycles. The van der Waals surface area contributed by atoms with Crippen molar-refractivity contribution in [2.24, 2.45) is 0 Å². The summed E-state index contributed by atoms with van der Waals surface area (Å²) in [5, 5.41) is 2.22. The van der Waals surface area contributed by atoms with Crippen LogP contribution in [0.1, 0.15) is 10.4 Å². The van der Waals surface area contributed by atoms with Crippen molar-refractivity contribution in [3.63, 3.8) is 0 Å². The van der Waals surface area contributed by atoms with E-state index in [0.717, 1.165) is 18.2 Å². The smallest absolute Gasteiger partial charge is 0.254 e. The number of anilines is 1. The van der Waals surface area contributed by atoms with Crippen LogP contribution in [0.3, 0.4) is 0 Å². The summed E-state index contributed by atoms with van der Waals surface area (Å²) >= 11 is 0. The standard InChI is InChI=1S/C14H13F2N3O3S/c15-10-4-5-12(16)11(9-10)14(20)18-7-8-23(21,22)19-13-3-1-2-6-17-13/h1-6,9H,7-8H2,(H,17,19)(H,18,20). The second kappa shape index (κ2) is 7.14. The van der Waals surface area contributed by atoms with E-state index in [-0.39, 0.29) is 12.4 Å². The lowest BCUT2D eigenvalue weighted by Gasteiger charge is -2.08. The van der Waals surface area contributed by atoms with Crippen molar-refractivity contribution in [3.8, 4) is 0 Å². The number of sulfonamides is 1. The Kier molecular flexibility index (Phi) is 5.22. The average molecular weight is 341 g/mol. The molecule has 0 aliphatic carbocycles. The van der Waals surface area contributed by atoms with Gasteiger partial charge in [0.15, 0.2) is 0 Å². The first kappa shape index (κ1) is 16.8. The van der Waals surface area contributed by atoms with Gasteiger partial charge >= 0.3 is 0 Å². The summed E-state index contributed by atoms with van der Waals surface area (Å²) in [4.78, 5) is 15.5. The lowest BCUT2D eigenvalue weighted by atomic mass is 10.2. The van der Waals surface area contributed by atoms with E-state index in [1.165, 1.54) is 12.3 Å². The molecule has 2 aromatic rings. The number of halogens is 2. The van der Waals surface area contributed by atoms with E-state index in [1.54, 1.807) is 12.1 Å². The van der Waals surface area contributed by atoms with Crippen LogP contribution in [0.15, 0.2) is 42.6 Å². The Labute approximate surface area is 131 Å². The number of carbonyl (C=O) groups excluding carboxylic acids is 1. The first-order valence-electron chi connectivity index (χ1n) is 6.52. The van der Waals surface area contributed by atoms with Gasteiger partial charge in [-0.2, -0.15) is 0 Å². The molecule has 2 N–H and O–H groups in total. The summed E-state index contributed by atoms with van der Waals surface area (Å²) in [6.07, 6.45) is 1.42. The van der Waals surface area contributed by atoms with Gasteiger partial charge in [-0.05, 0) is 30.3 Å². The highest BCUT2D eigenvalue weighted by atomic mass is 32.2. The molecule has 1 aromatic heterocycles. The number of nitrogens with one attached hydrogen (secondary N) is 2. The Morgan fingerprint density at radius 2 is 1.96 bits per heavy atom. The fourth-order valence-corrected chi connectivity index (χ4v) is 2.61. The third-order valence-electron chi connectivity index (χ3n) is 2.75. The number of amides is 1. The molecule has 0 spiro atoms. The van der Waals surface area contributed by atoms with Crippen LogP contribution in [0.25, 0.3) is 0 Å². The molecule has 0 aliphatic heterocycles. The van der Waals surface area contributed by atoms with Crippen LogP contribution in [0, 0.1) is 11.6 Å². The summed E-state index contributed by atoms with van der Waals surface area (Å²) < 4.78 is 52.2. The van der Waals surface area contributed by atoms with Crippen molar-refractivity contribution in [1.29, 1.82) is 0 Å². The Hall–Kier alpha value is -2.55. The first-order chi connectivity index (χ1) is 10.9. The highest BCUT2D eigenvalue weighted by molar-refractivity contribution is 7.92. The Morgan fingerprint density at radius 3 is 2.65 bits per heavy atom. The molecule has 0 atom stereocenters. The van der Waals surface area contributed by atoms with Gasteiger partial charge in [-0.25, -0.2) is 22.2 Å². The van der Waals surface area contributed by atoms with Crippen molar-refractivity contribution < 1.29 is 22.0 Å². The zero-order valence-electron chi connectivity index (χ0n) is 11.8. The molecule has 0 aliphatic rings. The predicted octanol–water partition coefficient (Wildman–Crippen LogP) is 1.53. The molecule has 0 bridgehead atoms. The Morgan fingerprint density at radius 1 is 1.17 bits per heavy atom. The highest BCUT2D eigenvalue weighted by Gasteiger charge is 2.15. The molecule has 0 saturated carbocycles. The fraction of sp³-hybridized carbons (Fsp3) is 0.143. The lowest BCUT2D eigenvalue weighted by molar-refractivity contribution is 0.0951. The molecule has 0 radical (unpaired) electrons. The summed E-state index contributed by atoms with van der Waals surface area (Å²) in [5.41, 5.74) is -0.486. The number of aromatic nitrogens is 1. The quantitative estimate of drug-likeness (QED) is 0.834.